The van der Waals surface area contributed by atoms with Gasteiger partial charge in [0, 0.05) is 25.0 Å². The van der Waals surface area contributed by atoms with Crippen LogP contribution in [0.25, 0.3) is 0 Å². The van der Waals surface area contributed by atoms with E-state index in [2.05, 4.69) is 23.1 Å². The lowest BCUT2D eigenvalue weighted by Gasteiger charge is -2.36. The molecule has 1 aliphatic heterocycles. The van der Waals surface area contributed by atoms with E-state index < -0.39 is 11.6 Å². The molecule has 1 N–H and O–H groups in total. The maximum atomic E-state index is 13.2. The van der Waals surface area contributed by atoms with Crippen LogP contribution in [0.4, 0.5) is 4.79 Å². The molecular formula is C29H35N3O4. The highest BCUT2D eigenvalue weighted by atomic mass is 16.6. The fourth-order valence-electron chi connectivity index (χ4n) is 5.05. The van der Waals surface area contributed by atoms with Crippen molar-refractivity contribution < 1.29 is 19.4 Å². The molecule has 2 aromatic rings. The molecule has 2 aromatic carbocycles. The molecule has 1 heterocycles. The quantitative estimate of drug-likeness (QED) is 0.570. The minimum atomic E-state index is -1.03. The maximum absolute atomic E-state index is 13.2. The van der Waals surface area contributed by atoms with E-state index in [1.165, 1.54) is 11.6 Å². The molecule has 1 saturated carbocycles. The number of amides is 1. The van der Waals surface area contributed by atoms with Crippen LogP contribution >= 0.6 is 0 Å². The number of carboxylic acid groups (broad SMARTS) is 1. The Bertz CT molecular complexity index is 1130. The molecule has 1 amide bonds. The highest BCUT2D eigenvalue weighted by molar-refractivity contribution is 5.88. The van der Waals surface area contributed by atoms with Crippen molar-refractivity contribution in [3.05, 3.63) is 70.8 Å². The van der Waals surface area contributed by atoms with Gasteiger partial charge in [-0.15, -0.1) is 0 Å². The Morgan fingerprint density at radius 3 is 2.44 bits per heavy atom. The monoisotopic (exact) mass is 489 g/mol. The first-order valence-corrected chi connectivity index (χ1v) is 12.7. The van der Waals surface area contributed by atoms with E-state index in [4.69, 9.17) is 4.74 Å². The van der Waals surface area contributed by atoms with Crippen molar-refractivity contribution in [2.24, 2.45) is 5.92 Å². The molecule has 0 bridgehead atoms. The normalized spacial score (nSPS) is 20.4. The van der Waals surface area contributed by atoms with Crippen molar-refractivity contribution >= 4 is 12.1 Å². The summed E-state index contributed by atoms with van der Waals surface area (Å²) in [4.78, 5) is 28.6. The minimum absolute atomic E-state index is 0.130. The highest BCUT2D eigenvalue weighted by Gasteiger charge is 2.46. The van der Waals surface area contributed by atoms with Crippen LogP contribution in [0.2, 0.25) is 0 Å². The molecule has 2 aliphatic rings. The SMILES string of the molecule is CC(C)(C)OC(=O)N(CC1CCN(Cc2ccc(C(=O)O)cc2C#N)CC1)C1CC1c1ccccc1. The zero-order chi connectivity index (χ0) is 25.9. The Hall–Kier alpha value is -3.37. The van der Waals surface area contributed by atoms with Gasteiger partial charge in [0.1, 0.15) is 5.60 Å². The molecule has 7 heteroatoms. The van der Waals surface area contributed by atoms with Gasteiger partial charge in [-0.25, -0.2) is 9.59 Å². The summed E-state index contributed by atoms with van der Waals surface area (Å²) in [6.45, 7) is 8.75. The van der Waals surface area contributed by atoms with Gasteiger partial charge in [0.05, 0.1) is 17.2 Å². The number of benzene rings is 2. The summed E-state index contributed by atoms with van der Waals surface area (Å²) in [6.07, 6.45) is 2.64. The molecule has 2 atom stereocenters. The number of piperidine rings is 1. The number of carbonyl (C=O) groups is 2. The molecule has 1 aliphatic carbocycles. The molecule has 190 valence electrons. The van der Waals surface area contributed by atoms with E-state index in [0.717, 1.165) is 37.9 Å². The first-order chi connectivity index (χ1) is 17.1. The predicted octanol–water partition coefficient (Wildman–Crippen LogP) is 5.26. The first-order valence-electron chi connectivity index (χ1n) is 12.7. The number of ether oxygens (including phenoxy) is 1. The van der Waals surface area contributed by atoms with Crippen molar-refractivity contribution in [1.82, 2.24) is 9.80 Å². The topological polar surface area (TPSA) is 93.9 Å². The Morgan fingerprint density at radius 1 is 1.14 bits per heavy atom. The average molecular weight is 490 g/mol. The first kappa shape index (κ1) is 25.7. The van der Waals surface area contributed by atoms with E-state index in [1.807, 2.05) is 43.9 Å². The average Bonchev–Trinajstić information content (AvgIpc) is 3.63. The number of aromatic carboxylic acids is 1. The Balaban J connectivity index is 1.37. The van der Waals surface area contributed by atoms with Gasteiger partial charge in [-0.3, -0.25) is 4.90 Å². The summed E-state index contributed by atoms with van der Waals surface area (Å²) in [5.74, 6) is -0.286. The summed E-state index contributed by atoms with van der Waals surface area (Å²) < 4.78 is 5.78. The zero-order valence-corrected chi connectivity index (χ0v) is 21.3. The largest absolute Gasteiger partial charge is 0.478 e. The van der Waals surface area contributed by atoms with Crippen LogP contribution in [0.5, 0.6) is 0 Å². The number of hydrogen-bond donors (Lipinski definition) is 1. The molecular weight excluding hydrogens is 454 g/mol. The molecule has 0 spiro atoms. The molecule has 0 aromatic heterocycles. The second kappa shape index (κ2) is 10.7. The number of carboxylic acids is 1. The summed E-state index contributed by atoms with van der Waals surface area (Å²) in [5, 5.41) is 18.7. The number of nitriles is 1. The predicted molar refractivity (Wildman–Crippen MR) is 137 cm³/mol. The van der Waals surface area contributed by atoms with E-state index >= 15 is 0 Å². The van der Waals surface area contributed by atoms with Crippen LogP contribution in [-0.2, 0) is 11.3 Å². The summed E-state index contributed by atoms with van der Waals surface area (Å²) in [7, 11) is 0. The van der Waals surface area contributed by atoms with Crippen molar-refractivity contribution in [1.29, 1.82) is 5.26 Å². The second-order valence-electron chi connectivity index (χ2n) is 11.0. The van der Waals surface area contributed by atoms with Gasteiger partial charge in [0.15, 0.2) is 0 Å². The van der Waals surface area contributed by atoms with Gasteiger partial charge in [-0.05, 0) is 82.3 Å². The van der Waals surface area contributed by atoms with Crippen molar-refractivity contribution in [3.8, 4) is 6.07 Å². The lowest BCUT2D eigenvalue weighted by atomic mass is 9.95. The fourth-order valence-corrected chi connectivity index (χ4v) is 5.05. The van der Waals surface area contributed by atoms with Crippen LogP contribution in [0.3, 0.4) is 0 Å². The number of nitrogens with zero attached hydrogens (tertiary/aromatic N) is 3. The van der Waals surface area contributed by atoms with Crippen molar-refractivity contribution in [3.63, 3.8) is 0 Å². The van der Waals surface area contributed by atoms with Gasteiger partial charge in [-0.2, -0.15) is 5.26 Å². The molecule has 36 heavy (non-hydrogen) atoms. The van der Waals surface area contributed by atoms with Gasteiger partial charge in [0.2, 0.25) is 0 Å². The molecule has 1 saturated heterocycles. The number of hydrogen-bond acceptors (Lipinski definition) is 5. The third-order valence-corrected chi connectivity index (χ3v) is 7.05. The smallest absolute Gasteiger partial charge is 0.410 e. The summed E-state index contributed by atoms with van der Waals surface area (Å²) in [6, 6.07) is 17.4. The van der Waals surface area contributed by atoms with E-state index in [9.17, 15) is 20.0 Å². The molecule has 2 fully saturated rings. The highest BCUT2D eigenvalue weighted by Crippen LogP contribution is 2.45. The van der Waals surface area contributed by atoms with E-state index in [0.29, 0.717) is 30.5 Å². The number of carbonyl (C=O) groups excluding carboxylic acids is 1. The standard InChI is InChI=1S/C29H35N3O4/c1-29(2,3)36-28(35)32(26-16-25(26)21-7-5-4-6-8-21)18-20-11-13-31(14-12-20)19-23-10-9-22(27(33)34)15-24(23)17-30/h4-10,15,20,25-26H,11-14,16,18-19H2,1-3H3,(H,33,34). The van der Waals surface area contributed by atoms with Gasteiger partial charge in [-0.1, -0.05) is 36.4 Å². The molecule has 7 nitrogen and oxygen atoms in total. The van der Waals surface area contributed by atoms with Gasteiger partial charge in [0.25, 0.3) is 0 Å². The fraction of sp³-hybridized carbons (Fsp3) is 0.483. The van der Waals surface area contributed by atoms with Crippen LogP contribution < -0.4 is 0 Å². The van der Waals surface area contributed by atoms with Crippen LogP contribution in [-0.4, -0.2) is 58.2 Å². The van der Waals surface area contributed by atoms with Crippen LogP contribution in [0.1, 0.15) is 73.0 Å². The third kappa shape index (κ3) is 6.44. The summed E-state index contributed by atoms with van der Waals surface area (Å²) in [5.41, 5.74) is 2.12. The number of likely N-dealkylation sites (tertiary alicyclic amines) is 1. The van der Waals surface area contributed by atoms with Crippen molar-refractivity contribution in [2.45, 2.75) is 64.1 Å². The van der Waals surface area contributed by atoms with E-state index in [1.54, 1.807) is 12.1 Å². The molecule has 2 unspecified atom stereocenters. The zero-order valence-electron chi connectivity index (χ0n) is 21.3. The Labute approximate surface area is 213 Å². The van der Waals surface area contributed by atoms with Gasteiger partial charge < -0.3 is 14.7 Å². The molecule has 0 radical (unpaired) electrons. The second-order valence-corrected chi connectivity index (χ2v) is 11.0. The Morgan fingerprint density at radius 2 is 1.83 bits per heavy atom. The van der Waals surface area contributed by atoms with Gasteiger partial charge >= 0.3 is 12.1 Å². The number of rotatable bonds is 7. The lowest BCUT2D eigenvalue weighted by Crippen LogP contribution is -2.44. The molecule has 4 rings (SSSR count). The lowest BCUT2D eigenvalue weighted by molar-refractivity contribution is 0.0170. The van der Waals surface area contributed by atoms with Crippen molar-refractivity contribution in [2.75, 3.05) is 19.6 Å². The maximum Gasteiger partial charge on any atom is 0.410 e. The minimum Gasteiger partial charge on any atom is -0.478 e. The van der Waals surface area contributed by atoms with Crippen LogP contribution in [0, 0.1) is 17.2 Å². The third-order valence-electron chi connectivity index (χ3n) is 7.05. The van der Waals surface area contributed by atoms with Crippen LogP contribution in [0.15, 0.2) is 48.5 Å². The summed E-state index contributed by atoms with van der Waals surface area (Å²) >= 11 is 0. The Kier molecular flexibility index (Phi) is 7.65. The van der Waals surface area contributed by atoms with E-state index in [-0.39, 0.29) is 17.7 Å².